The fraction of sp³-hybridized carbons (Fsp3) is 0. The lowest BCUT2D eigenvalue weighted by atomic mass is 10.1. The molecule has 1 heterocycles. The van der Waals surface area contributed by atoms with Crippen LogP contribution < -0.4 is 0 Å². The summed E-state index contributed by atoms with van der Waals surface area (Å²) >= 11 is 6.11. The molecule has 0 amide bonds. The maximum atomic E-state index is 11.3. The number of hydrogen-bond donors (Lipinski definition) is 1. The Balaban J connectivity index is 2.36. The van der Waals surface area contributed by atoms with E-state index in [1.165, 1.54) is 10.7 Å². The molecule has 0 radical (unpaired) electrons. The van der Waals surface area contributed by atoms with Crippen LogP contribution in [0.3, 0.4) is 0 Å². The van der Waals surface area contributed by atoms with E-state index in [0.29, 0.717) is 21.7 Å². The molecule has 0 atom stereocenters. The number of carboxylic acid groups (broad SMARTS) is 1. The number of fused-ring (bicyclic) bond motifs is 1. The maximum absolute atomic E-state index is 11.3. The number of rotatable bonds is 2. The fourth-order valence-corrected chi connectivity index (χ4v) is 2.19. The van der Waals surface area contributed by atoms with Crippen LogP contribution in [0, 0.1) is 0 Å². The van der Waals surface area contributed by atoms with Gasteiger partial charge in [-0.1, -0.05) is 35.0 Å². The van der Waals surface area contributed by atoms with Crippen molar-refractivity contribution < 1.29 is 9.90 Å². The molecule has 0 aliphatic heterocycles. The topological polar surface area (TPSA) is 68.0 Å². The van der Waals surface area contributed by atoms with Gasteiger partial charge >= 0.3 is 5.97 Å². The highest BCUT2D eigenvalue weighted by atomic mass is 35.5. The first kappa shape index (κ1) is 11.7. The van der Waals surface area contributed by atoms with E-state index in [1.807, 2.05) is 18.2 Å². The van der Waals surface area contributed by atoms with Crippen molar-refractivity contribution in [3.8, 4) is 5.69 Å². The highest BCUT2D eigenvalue weighted by molar-refractivity contribution is 6.33. The number of nitrogens with zero attached hydrogens (tertiary/aromatic N) is 3. The lowest BCUT2D eigenvalue weighted by Crippen LogP contribution is -2.07. The molecule has 5 nitrogen and oxygen atoms in total. The summed E-state index contributed by atoms with van der Waals surface area (Å²) in [5.41, 5.74) is 1.80. The molecule has 0 saturated heterocycles. The maximum Gasteiger partial charge on any atom is 0.337 e. The summed E-state index contributed by atoms with van der Waals surface area (Å²) in [7, 11) is 0. The average molecular weight is 274 g/mol. The Hall–Kier alpha value is -2.40. The van der Waals surface area contributed by atoms with E-state index in [0.717, 1.165) is 0 Å². The van der Waals surface area contributed by atoms with Gasteiger partial charge < -0.3 is 5.11 Å². The first-order valence-corrected chi connectivity index (χ1v) is 5.89. The standard InChI is InChI=1S/C13H8ClN3O2/c14-9-5-3-4-8(13(18)19)12(9)17-11-7-2-1-6-10(11)15-16-17/h1-7H,(H,18,19). The number of benzene rings is 2. The molecular formula is C13H8ClN3O2. The normalized spacial score (nSPS) is 10.8. The molecule has 0 spiro atoms. The third-order valence-electron chi connectivity index (χ3n) is 2.78. The van der Waals surface area contributed by atoms with E-state index < -0.39 is 5.97 Å². The van der Waals surface area contributed by atoms with Crippen LogP contribution >= 0.6 is 11.6 Å². The molecule has 3 aromatic rings. The van der Waals surface area contributed by atoms with Gasteiger partial charge in [-0.15, -0.1) is 5.10 Å². The van der Waals surface area contributed by atoms with Crippen LogP contribution in [0.5, 0.6) is 0 Å². The Bertz CT molecular complexity index is 782. The number of carboxylic acids is 1. The summed E-state index contributed by atoms with van der Waals surface area (Å²) in [6.45, 7) is 0. The minimum absolute atomic E-state index is 0.0863. The van der Waals surface area contributed by atoms with Crippen molar-refractivity contribution in [3.05, 3.63) is 53.1 Å². The van der Waals surface area contributed by atoms with E-state index in [2.05, 4.69) is 10.3 Å². The molecule has 0 aliphatic rings. The lowest BCUT2D eigenvalue weighted by molar-refractivity contribution is 0.0697. The number of para-hydroxylation sites is 2. The number of carbonyl (C=O) groups is 1. The van der Waals surface area contributed by atoms with E-state index in [4.69, 9.17) is 11.6 Å². The highest BCUT2D eigenvalue weighted by Crippen LogP contribution is 2.26. The average Bonchev–Trinajstić information content (AvgIpc) is 2.82. The van der Waals surface area contributed by atoms with Gasteiger partial charge in [-0.3, -0.25) is 0 Å². The smallest absolute Gasteiger partial charge is 0.337 e. The van der Waals surface area contributed by atoms with E-state index in [-0.39, 0.29) is 5.56 Å². The Morgan fingerprint density at radius 3 is 2.74 bits per heavy atom. The van der Waals surface area contributed by atoms with Crippen LogP contribution in [0.2, 0.25) is 5.02 Å². The lowest BCUT2D eigenvalue weighted by Gasteiger charge is -2.08. The summed E-state index contributed by atoms with van der Waals surface area (Å²) in [6.07, 6.45) is 0. The van der Waals surface area contributed by atoms with Gasteiger partial charge in [0.2, 0.25) is 0 Å². The third-order valence-corrected chi connectivity index (χ3v) is 3.09. The molecule has 0 unspecified atom stereocenters. The predicted octanol–water partition coefficient (Wildman–Crippen LogP) is 2.77. The van der Waals surface area contributed by atoms with Crippen molar-refractivity contribution >= 4 is 28.6 Å². The quantitative estimate of drug-likeness (QED) is 0.779. The molecule has 3 rings (SSSR count). The summed E-state index contributed by atoms with van der Waals surface area (Å²) in [5.74, 6) is -1.06. The molecule has 0 fully saturated rings. The Labute approximate surface area is 113 Å². The van der Waals surface area contributed by atoms with Gasteiger partial charge in [-0.05, 0) is 24.3 Å². The van der Waals surface area contributed by atoms with Crippen LogP contribution in [-0.2, 0) is 0 Å². The van der Waals surface area contributed by atoms with Gasteiger partial charge in [-0.25, -0.2) is 9.48 Å². The molecule has 2 aromatic carbocycles. The Kier molecular flexibility index (Phi) is 2.68. The van der Waals surface area contributed by atoms with Crippen LogP contribution in [0.1, 0.15) is 10.4 Å². The number of halogens is 1. The van der Waals surface area contributed by atoms with Crippen molar-refractivity contribution in [2.75, 3.05) is 0 Å². The molecule has 0 aliphatic carbocycles. The van der Waals surface area contributed by atoms with Crippen LogP contribution in [0.4, 0.5) is 0 Å². The third kappa shape index (κ3) is 1.84. The Morgan fingerprint density at radius 2 is 1.95 bits per heavy atom. The van der Waals surface area contributed by atoms with Gasteiger partial charge in [-0.2, -0.15) is 0 Å². The zero-order valence-corrected chi connectivity index (χ0v) is 10.4. The largest absolute Gasteiger partial charge is 0.478 e. The van der Waals surface area contributed by atoms with Crippen molar-refractivity contribution in [1.29, 1.82) is 0 Å². The molecule has 1 N–H and O–H groups in total. The number of hydrogen-bond acceptors (Lipinski definition) is 3. The summed E-state index contributed by atoms with van der Waals surface area (Å²) in [4.78, 5) is 11.3. The highest BCUT2D eigenvalue weighted by Gasteiger charge is 2.17. The zero-order valence-electron chi connectivity index (χ0n) is 9.62. The minimum atomic E-state index is -1.06. The van der Waals surface area contributed by atoms with E-state index >= 15 is 0 Å². The number of aromatic nitrogens is 3. The SMILES string of the molecule is O=C(O)c1cccc(Cl)c1-n1nnc2ccccc21. The number of aromatic carboxylic acids is 1. The van der Waals surface area contributed by atoms with Crippen molar-refractivity contribution in [1.82, 2.24) is 15.0 Å². The molecular weight excluding hydrogens is 266 g/mol. The first-order chi connectivity index (χ1) is 9.18. The summed E-state index contributed by atoms with van der Waals surface area (Å²) < 4.78 is 1.45. The van der Waals surface area contributed by atoms with Gasteiger partial charge in [0.1, 0.15) is 11.2 Å². The van der Waals surface area contributed by atoms with Crippen LogP contribution in [0.15, 0.2) is 42.5 Å². The molecule has 0 bridgehead atoms. The monoisotopic (exact) mass is 273 g/mol. The van der Waals surface area contributed by atoms with Crippen molar-refractivity contribution in [2.24, 2.45) is 0 Å². The van der Waals surface area contributed by atoms with Crippen molar-refractivity contribution in [3.63, 3.8) is 0 Å². The second kappa shape index (κ2) is 4.37. The fourth-order valence-electron chi connectivity index (χ4n) is 1.94. The van der Waals surface area contributed by atoms with Crippen LogP contribution in [-0.4, -0.2) is 26.1 Å². The Morgan fingerprint density at radius 1 is 1.16 bits per heavy atom. The van der Waals surface area contributed by atoms with Gasteiger partial charge in [0.05, 0.1) is 16.1 Å². The van der Waals surface area contributed by atoms with Gasteiger partial charge in [0.25, 0.3) is 0 Å². The predicted molar refractivity (Wildman–Crippen MR) is 70.8 cm³/mol. The van der Waals surface area contributed by atoms with E-state index in [1.54, 1.807) is 18.2 Å². The first-order valence-electron chi connectivity index (χ1n) is 5.51. The second-order valence-electron chi connectivity index (χ2n) is 3.93. The minimum Gasteiger partial charge on any atom is -0.478 e. The zero-order chi connectivity index (χ0) is 13.4. The summed E-state index contributed by atoms with van der Waals surface area (Å²) in [6, 6.07) is 12.0. The van der Waals surface area contributed by atoms with Gasteiger partial charge in [0.15, 0.2) is 0 Å². The molecule has 19 heavy (non-hydrogen) atoms. The van der Waals surface area contributed by atoms with Crippen molar-refractivity contribution in [2.45, 2.75) is 0 Å². The summed E-state index contributed by atoms with van der Waals surface area (Å²) in [5, 5.41) is 17.5. The second-order valence-corrected chi connectivity index (χ2v) is 4.34. The molecule has 0 saturated carbocycles. The molecule has 94 valence electrons. The van der Waals surface area contributed by atoms with Crippen LogP contribution in [0.25, 0.3) is 16.7 Å². The molecule has 6 heteroatoms. The molecule has 1 aromatic heterocycles. The van der Waals surface area contributed by atoms with E-state index in [9.17, 15) is 9.90 Å². The van der Waals surface area contributed by atoms with Gasteiger partial charge in [0, 0.05) is 0 Å².